The Morgan fingerprint density at radius 1 is 0.773 bits per heavy atom. The maximum atomic E-state index is 12.6. The normalized spacial score (nSPS) is 19.4. The average molecular weight is 304 g/mol. The van der Waals surface area contributed by atoms with Gasteiger partial charge in [-0.3, -0.25) is 4.79 Å². The van der Waals surface area contributed by atoms with Crippen molar-refractivity contribution in [2.24, 2.45) is 0 Å². The molecule has 1 aliphatic rings. The van der Waals surface area contributed by atoms with Crippen molar-refractivity contribution in [1.29, 1.82) is 0 Å². The quantitative estimate of drug-likeness (QED) is 0.715. The zero-order chi connectivity index (χ0) is 15.5. The zero-order valence-electron chi connectivity index (χ0n) is 13.3. The van der Waals surface area contributed by atoms with Gasteiger partial charge in [0, 0.05) is 38.3 Å². The molecule has 1 aliphatic heterocycles. The van der Waals surface area contributed by atoms with E-state index in [1.165, 1.54) is 0 Å². The van der Waals surface area contributed by atoms with Crippen molar-refractivity contribution in [3.05, 3.63) is 35.9 Å². The molecular weight excluding hydrogens is 276 g/mol. The monoisotopic (exact) mass is 304 g/mol. The van der Waals surface area contributed by atoms with Gasteiger partial charge in [0.2, 0.25) is 0 Å². The Bertz CT molecular complexity index is 410. The average Bonchev–Trinajstić information content (AvgIpc) is 2.57. The van der Waals surface area contributed by atoms with Crippen molar-refractivity contribution < 1.29 is 4.79 Å². The van der Waals surface area contributed by atoms with Gasteiger partial charge in [-0.05, 0) is 44.6 Å². The topological polar surface area (TPSA) is 56.4 Å². The molecule has 5 nitrogen and oxygen atoms in total. The second-order valence-corrected chi connectivity index (χ2v) is 5.62. The van der Waals surface area contributed by atoms with Gasteiger partial charge < -0.3 is 20.9 Å². The molecule has 1 aromatic carbocycles. The molecule has 3 N–H and O–H groups in total. The molecule has 1 fully saturated rings. The molecule has 0 radical (unpaired) electrons. The molecule has 0 unspecified atom stereocenters. The van der Waals surface area contributed by atoms with Gasteiger partial charge in [-0.25, -0.2) is 0 Å². The number of nitrogens with zero attached hydrogens (tertiary/aromatic N) is 1. The molecule has 2 rings (SSSR count). The summed E-state index contributed by atoms with van der Waals surface area (Å²) in [5, 5.41) is 10.3. The summed E-state index contributed by atoms with van der Waals surface area (Å²) < 4.78 is 0. The molecule has 0 aromatic heterocycles. The van der Waals surface area contributed by atoms with E-state index in [4.69, 9.17) is 0 Å². The summed E-state index contributed by atoms with van der Waals surface area (Å²) in [6, 6.07) is 9.57. The number of nitrogens with one attached hydrogen (secondary N) is 3. The van der Waals surface area contributed by atoms with E-state index >= 15 is 0 Å². The summed E-state index contributed by atoms with van der Waals surface area (Å²) in [4.78, 5) is 14.6. The van der Waals surface area contributed by atoms with Crippen LogP contribution in [0.3, 0.4) is 0 Å². The third kappa shape index (κ3) is 6.13. The summed E-state index contributed by atoms with van der Waals surface area (Å²) in [6.07, 6.45) is 2.10. The van der Waals surface area contributed by atoms with Crippen molar-refractivity contribution in [1.82, 2.24) is 20.9 Å². The summed E-state index contributed by atoms with van der Waals surface area (Å²) in [5.74, 6) is 0.135. The fourth-order valence-electron chi connectivity index (χ4n) is 2.58. The Morgan fingerprint density at radius 3 is 2.14 bits per heavy atom. The van der Waals surface area contributed by atoms with Crippen molar-refractivity contribution in [2.45, 2.75) is 12.8 Å². The van der Waals surface area contributed by atoms with E-state index < -0.39 is 0 Å². The molecule has 1 aromatic rings. The van der Waals surface area contributed by atoms with Crippen LogP contribution in [0.15, 0.2) is 30.3 Å². The minimum absolute atomic E-state index is 0.135. The highest BCUT2D eigenvalue weighted by atomic mass is 16.2. The van der Waals surface area contributed by atoms with Crippen LogP contribution < -0.4 is 16.0 Å². The molecule has 122 valence electrons. The lowest BCUT2D eigenvalue weighted by atomic mass is 10.2. The second-order valence-electron chi connectivity index (χ2n) is 5.62. The van der Waals surface area contributed by atoms with Gasteiger partial charge in [0.05, 0.1) is 0 Å². The van der Waals surface area contributed by atoms with E-state index in [9.17, 15) is 4.79 Å². The minimum atomic E-state index is 0.135. The minimum Gasteiger partial charge on any atom is -0.337 e. The Kier molecular flexibility index (Phi) is 7.94. The molecule has 1 saturated heterocycles. The third-order valence-electron chi connectivity index (χ3n) is 3.83. The van der Waals surface area contributed by atoms with E-state index in [1.807, 2.05) is 35.2 Å². The van der Waals surface area contributed by atoms with Gasteiger partial charge in [0.15, 0.2) is 0 Å². The fraction of sp³-hybridized carbons (Fsp3) is 0.588. The maximum absolute atomic E-state index is 12.6. The highest BCUT2D eigenvalue weighted by Crippen LogP contribution is 2.05. The van der Waals surface area contributed by atoms with Crippen molar-refractivity contribution in [2.75, 3.05) is 52.4 Å². The van der Waals surface area contributed by atoms with Crippen LogP contribution in [0.1, 0.15) is 23.2 Å². The maximum Gasteiger partial charge on any atom is 0.253 e. The molecule has 5 heteroatoms. The van der Waals surface area contributed by atoms with Gasteiger partial charge in [-0.1, -0.05) is 18.2 Å². The highest BCUT2D eigenvalue weighted by molar-refractivity contribution is 5.94. The molecule has 22 heavy (non-hydrogen) atoms. The van der Waals surface area contributed by atoms with Gasteiger partial charge in [0.1, 0.15) is 0 Å². The first-order valence-electron chi connectivity index (χ1n) is 8.34. The first-order valence-corrected chi connectivity index (χ1v) is 8.34. The summed E-state index contributed by atoms with van der Waals surface area (Å²) in [6.45, 7) is 7.40. The van der Waals surface area contributed by atoms with Gasteiger partial charge in [-0.15, -0.1) is 0 Å². The van der Waals surface area contributed by atoms with E-state index in [0.29, 0.717) is 0 Å². The standard InChI is InChI=1S/C17H28N4O/c22-17(16-6-2-1-3-7-16)21-14-5-10-19-12-11-18-8-4-9-20-13-15-21/h1-3,6-7,18-20H,4-5,8-15H2. The van der Waals surface area contributed by atoms with Crippen LogP contribution in [-0.2, 0) is 0 Å². The third-order valence-corrected chi connectivity index (χ3v) is 3.83. The molecule has 1 amide bonds. The van der Waals surface area contributed by atoms with Crippen LogP contribution in [0.5, 0.6) is 0 Å². The zero-order valence-corrected chi connectivity index (χ0v) is 13.3. The number of carbonyl (C=O) groups is 1. The number of hydrogen-bond acceptors (Lipinski definition) is 4. The number of benzene rings is 1. The fourth-order valence-corrected chi connectivity index (χ4v) is 2.58. The Balaban J connectivity index is 1.89. The summed E-state index contributed by atoms with van der Waals surface area (Å²) in [7, 11) is 0. The van der Waals surface area contributed by atoms with Crippen LogP contribution in [0.4, 0.5) is 0 Å². The number of carbonyl (C=O) groups excluding carboxylic acids is 1. The first kappa shape index (κ1) is 16.9. The lowest BCUT2D eigenvalue weighted by molar-refractivity contribution is 0.0755. The highest BCUT2D eigenvalue weighted by Gasteiger charge is 2.14. The van der Waals surface area contributed by atoms with E-state index in [0.717, 1.165) is 70.8 Å². The smallest absolute Gasteiger partial charge is 0.253 e. The van der Waals surface area contributed by atoms with Crippen molar-refractivity contribution in [3.8, 4) is 0 Å². The van der Waals surface area contributed by atoms with E-state index in [-0.39, 0.29) is 5.91 Å². The molecule has 0 atom stereocenters. The van der Waals surface area contributed by atoms with Crippen LogP contribution in [0.25, 0.3) is 0 Å². The molecule has 0 bridgehead atoms. The Hall–Kier alpha value is -1.43. The van der Waals surface area contributed by atoms with Gasteiger partial charge in [-0.2, -0.15) is 0 Å². The first-order chi connectivity index (χ1) is 10.9. The van der Waals surface area contributed by atoms with Crippen molar-refractivity contribution >= 4 is 5.91 Å². The van der Waals surface area contributed by atoms with E-state index in [1.54, 1.807) is 0 Å². The molecular formula is C17H28N4O. The SMILES string of the molecule is O=C(c1ccccc1)N1CCCNCCNCCCNCC1. The summed E-state index contributed by atoms with van der Waals surface area (Å²) in [5.41, 5.74) is 0.778. The van der Waals surface area contributed by atoms with Crippen LogP contribution in [0.2, 0.25) is 0 Å². The number of hydrogen-bond donors (Lipinski definition) is 3. The predicted octanol–water partition coefficient (Wildman–Crippen LogP) is 0.691. The van der Waals surface area contributed by atoms with Crippen LogP contribution in [0, 0.1) is 0 Å². The van der Waals surface area contributed by atoms with E-state index in [2.05, 4.69) is 16.0 Å². The predicted molar refractivity (Wildman–Crippen MR) is 90.2 cm³/mol. The lowest BCUT2D eigenvalue weighted by Gasteiger charge is -2.23. The molecule has 0 saturated carbocycles. The number of amides is 1. The Labute approximate surface area is 133 Å². The van der Waals surface area contributed by atoms with Crippen molar-refractivity contribution in [3.63, 3.8) is 0 Å². The molecule has 0 spiro atoms. The van der Waals surface area contributed by atoms with Gasteiger partial charge >= 0.3 is 0 Å². The largest absolute Gasteiger partial charge is 0.337 e. The molecule has 0 aliphatic carbocycles. The molecule has 1 heterocycles. The van der Waals surface area contributed by atoms with Crippen LogP contribution in [-0.4, -0.2) is 63.2 Å². The second kappa shape index (κ2) is 10.3. The van der Waals surface area contributed by atoms with Crippen LogP contribution >= 0.6 is 0 Å². The lowest BCUT2D eigenvalue weighted by Crippen LogP contribution is -2.40. The number of rotatable bonds is 1. The Morgan fingerprint density at radius 2 is 1.41 bits per heavy atom. The summed E-state index contributed by atoms with van der Waals surface area (Å²) >= 11 is 0. The van der Waals surface area contributed by atoms with Gasteiger partial charge in [0.25, 0.3) is 5.91 Å².